The molecule has 0 aliphatic carbocycles. The number of aromatic nitrogens is 1. The lowest BCUT2D eigenvalue weighted by Crippen LogP contribution is -2.43. The van der Waals surface area contributed by atoms with Crippen LogP contribution in [0.2, 0.25) is 0 Å². The molecule has 4 nitrogen and oxygen atoms in total. The van der Waals surface area contributed by atoms with Gasteiger partial charge in [-0.15, -0.1) is 22.7 Å². The van der Waals surface area contributed by atoms with Crippen molar-refractivity contribution in [3.8, 4) is 0 Å². The Morgan fingerprint density at radius 2 is 2.09 bits per heavy atom. The van der Waals surface area contributed by atoms with E-state index in [0.29, 0.717) is 12.6 Å². The second-order valence-electron chi connectivity index (χ2n) is 5.53. The molecule has 2 N–H and O–H groups in total. The Morgan fingerprint density at radius 3 is 2.70 bits per heavy atom. The van der Waals surface area contributed by atoms with E-state index in [1.54, 1.807) is 11.3 Å². The minimum atomic E-state index is 0.341. The quantitative estimate of drug-likeness (QED) is 0.590. The Kier molecular flexibility index (Phi) is 7.05. The van der Waals surface area contributed by atoms with E-state index in [4.69, 9.17) is 0 Å². The molecule has 6 heteroatoms. The van der Waals surface area contributed by atoms with Crippen LogP contribution >= 0.6 is 22.7 Å². The number of guanidine groups is 1. The van der Waals surface area contributed by atoms with Gasteiger partial charge in [-0.3, -0.25) is 0 Å². The maximum Gasteiger partial charge on any atom is 0.191 e. The highest BCUT2D eigenvalue weighted by molar-refractivity contribution is 7.12. The van der Waals surface area contributed by atoms with Crippen molar-refractivity contribution in [2.24, 2.45) is 4.99 Å². The maximum absolute atomic E-state index is 4.66. The summed E-state index contributed by atoms with van der Waals surface area (Å²) in [7, 11) is 0. The lowest BCUT2D eigenvalue weighted by atomic mass is 10.2. The van der Waals surface area contributed by atoms with E-state index in [-0.39, 0.29) is 0 Å². The van der Waals surface area contributed by atoms with Gasteiger partial charge in [-0.1, -0.05) is 6.92 Å². The zero-order valence-electron chi connectivity index (χ0n) is 14.3. The van der Waals surface area contributed by atoms with Gasteiger partial charge in [0.25, 0.3) is 0 Å². The third kappa shape index (κ3) is 5.95. The number of thiophene rings is 1. The SMILES string of the molecule is CCNC(=NCc1ncc(CC)s1)NC(C)Cc1ccc(C)s1. The minimum Gasteiger partial charge on any atom is -0.357 e. The Bertz CT molecular complexity index is 630. The van der Waals surface area contributed by atoms with Crippen molar-refractivity contribution in [2.45, 2.75) is 53.1 Å². The van der Waals surface area contributed by atoms with Gasteiger partial charge in [0.1, 0.15) is 5.01 Å². The highest BCUT2D eigenvalue weighted by Crippen LogP contribution is 2.17. The van der Waals surface area contributed by atoms with Crippen LogP contribution in [0.3, 0.4) is 0 Å². The summed E-state index contributed by atoms with van der Waals surface area (Å²) in [4.78, 5) is 13.2. The third-order valence-electron chi connectivity index (χ3n) is 3.35. The maximum atomic E-state index is 4.66. The first-order valence-corrected chi connectivity index (χ1v) is 9.77. The zero-order chi connectivity index (χ0) is 16.7. The van der Waals surface area contributed by atoms with Crippen LogP contribution in [-0.4, -0.2) is 23.5 Å². The summed E-state index contributed by atoms with van der Waals surface area (Å²) >= 11 is 3.61. The van der Waals surface area contributed by atoms with Crippen LogP contribution in [0.25, 0.3) is 0 Å². The van der Waals surface area contributed by atoms with Gasteiger partial charge in [0.15, 0.2) is 5.96 Å². The predicted octanol–water partition coefficient (Wildman–Crippen LogP) is 3.76. The fraction of sp³-hybridized carbons (Fsp3) is 0.529. The first-order valence-electron chi connectivity index (χ1n) is 8.14. The van der Waals surface area contributed by atoms with Crippen LogP contribution in [-0.2, 0) is 19.4 Å². The predicted molar refractivity (Wildman–Crippen MR) is 102 cm³/mol. The molecule has 0 fully saturated rings. The second kappa shape index (κ2) is 9.03. The number of aliphatic imine (C=N–C) groups is 1. The summed E-state index contributed by atoms with van der Waals surface area (Å²) in [5.74, 6) is 0.863. The Labute approximate surface area is 147 Å². The van der Waals surface area contributed by atoms with E-state index in [1.165, 1.54) is 14.6 Å². The van der Waals surface area contributed by atoms with Crippen molar-refractivity contribution < 1.29 is 0 Å². The first kappa shape index (κ1) is 17.9. The van der Waals surface area contributed by atoms with Gasteiger partial charge in [0.05, 0.1) is 6.54 Å². The molecule has 126 valence electrons. The largest absolute Gasteiger partial charge is 0.357 e. The third-order valence-corrected chi connectivity index (χ3v) is 5.50. The van der Waals surface area contributed by atoms with E-state index in [9.17, 15) is 0 Å². The Morgan fingerprint density at radius 1 is 1.26 bits per heavy atom. The molecule has 0 aromatic carbocycles. The van der Waals surface area contributed by atoms with E-state index in [0.717, 1.165) is 30.4 Å². The summed E-state index contributed by atoms with van der Waals surface area (Å²) in [6, 6.07) is 4.73. The number of rotatable bonds is 7. The molecule has 0 aliphatic heterocycles. The zero-order valence-corrected chi connectivity index (χ0v) is 16.0. The molecule has 0 bridgehead atoms. The molecule has 2 heterocycles. The average molecular weight is 351 g/mol. The van der Waals surface area contributed by atoms with E-state index in [1.807, 2.05) is 17.5 Å². The van der Waals surface area contributed by atoms with Crippen molar-refractivity contribution in [2.75, 3.05) is 6.54 Å². The van der Waals surface area contributed by atoms with E-state index >= 15 is 0 Å². The van der Waals surface area contributed by atoms with Crippen molar-refractivity contribution in [1.82, 2.24) is 15.6 Å². The lowest BCUT2D eigenvalue weighted by Gasteiger charge is -2.17. The molecule has 2 rings (SSSR count). The molecule has 0 spiro atoms. The number of nitrogens with zero attached hydrogens (tertiary/aromatic N) is 2. The van der Waals surface area contributed by atoms with E-state index in [2.05, 4.69) is 60.4 Å². The number of aryl methyl sites for hydroxylation is 2. The van der Waals surface area contributed by atoms with Crippen LogP contribution in [0.4, 0.5) is 0 Å². The fourth-order valence-corrected chi connectivity index (χ4v) is 4.04. The molecule has 1 unspecified atom stereocenters. The monoisotopic (exact) mass is 350 g/mol. The lowest BCUT2D eigenvalue weighted by molar-refractivity contribution is 0.645. The highest BCUT2D eigenvalue weighted by Gasteiger charge is 2.08. The molecule has 0 saturated heterocycles. The van der Waals surface area contributed by atoms with Gasteiger partial charge >= 0.3 is 0 Å². The van der Waals surface area contributed by atoms with Crippen LogP contribution in [0, 0.1) is 6.92 Å². The second-order valence-corrected chi connectivity index (χ2v) is 8.10. The van der Waals surface area contributed by atoms with E-state index < -0.39 is 0 Å². The van der Waals surface area contributed by atoms with Gasteiger partial charge < -0.3 is 10.6 Å². The smallest absolute Gasteiger partial charge is 0.191 e. The summed E-state index contributed by atoms with van der Waals surface area (Å²) in [5.41, 5.74) is 0. The summed E-state index contributed by atoms with van der Waals surface area (Å²) < 4.78 is 0. The van der Waals surface area contributed by atoms with Crippen molar-refractivity contribution in [1.29, 1.82) is 0 Å². The standard InChI is InChI=1S/C17H26N4S2/c1-5-14-10-19-16(23-14)11-20-17(18-6-2)21-12(3)9-15-8-7-13(4)22-15/h7-8,10,12H,5-6,9,11H2,1-4H3,(H2,18,20,21). The molecule has 0 amide bonds. The van der Waals surface area contributed by atoms with Crippen molar-refractivity contribution in [3.05, 3.63) is 38.0 Å². The Balaban J connectivity index is 1.92. The van der Waals surface area contributed by atoms with Gasteiger partial charge in [-0.25, -0.2) is 9.98 Å². The summed E-state index contributed by atoms with van der Waals surface area (Å²) in [5, 5.41) is 7.87. The first-order chi connectivity index (χ1) is 11.1. The number of thiazole rings is 1. The molecular formula is C17H26N4S2. The fourth-order valence-electron chi connectivity index (χ4n) is 2.23. The van der Waals surface area contributed by atoms with Crippen LogP contribution in [0.1, 0.15) is 40.4 Å². The summed E-state index contributed by atoms with van der Waals surface area (Å²) in [6.45, 7) is 10.1. The van der Waals surface area contributed by atoms with Crippen molar-refractivity contribution >= 4 is 28.6 Å². The molecule has 0 saturated carbocycles. The van der Waals surface area contributed by atoms with Crippen LogP contribution in [0.15, 0.2) is 23.3 Å². The molecule has 0 radical (unpaired) electrons. The number of hydrogen-bond donors (Lipinski definition) is 2. The van der Waals surface area contributed by atoms with Crippen molar-refractivity contribution in [3.63, 3.8) is 0 Å². The molecule has 0 aliphatic rings. The molecule has 2 aromatic rings. The van der Waals surface area contributed by atoms with Crippen LogP contribution < -0.4 is 10.6 Å². The Hall–Kier alpha value is -1.40. The molecular weight excluding hydrogens is 324 g/mol. The summed E-state index contributed by atoms with van der Waals surface area (Å²) in [6.07, 6.45) is 4.01. The average Bonchev–Trinajstić information content (AvgIpc) is 3.14. The van der Waals surface area contributed by atoms with Gasteiger partial charge in [0.2, 0.25) is 0 Å². The number of hydrogen-bond acceptors (Lipinski definition) is 4. The minimum absolute atomic E-state index is 0.341. The van der Waals surface area contributed by atoms with Gasteiger partial charge in [-0.2, -0.15) is 0 Å². The normalized spacial score (nSPS) is 13.1. The topological polar surface area (TPSA) is 49.3 Å². The molecule has 23 heavy (non-hydrogen) atoms. The molecule has 2 aromatic heterocycles. The van der Waals surface area contributed by atoms with Gasteiger partial charge in [0, 0.05) is 39.8 Å². The highest BCUT2D eigenvalue weighted by atomic mass is 32.1. The number of nitrogens with one attached hydrogen (secondary N) is 2. The molecule has 1 atom stereocenters. The van der Waals surface area contributed by atoms with Crippen LogP contribution in [0.5, 0.6) is 0 Å². The van der Waals surface area contributed by atoms with Gasteiger partial charge in [-0.05, 0) is 39.3 Å².